The number of rotatable bonds is 3. The predicted molar refractivity (Wildman–Crippen MR) is 75.5 cm³/mol. The van der Waals surface area contributed by atoms with Crippen molar-refractivity contribution in [3.05, 3.63) is 35.5 Å². The van der Waals surface area contributed by atoms with Crippen LogP contribution in [0.4, 0.5) is 11.4 Å². The molecule has 0 aliphatic carbocycles. The average molecular weight is 277 g/mol. The molecule has 1 aromatic rings. The van der Waals surface area contributed by atoms with Gasteiger partial charge in [-0.2, -0.15) is 15.8 Å². The van der Waals surface area contributed by atoms with Crippen LogP contribution in [-0.4, -0.2) is 12.5 Å². The Morgan fingerprint density at radius 1 is 1.19 bits per heavy atom. The zero-order chi connectivity index (χ0) is 15.2. The van der Waals surface area contributed by atoms with Gasteiger partial charge in [0.15, 0.2) is 5.57 Å². The molecule has 6 nitrogen and oxygen atoms in total. The van der Waals surface area contributed by atoms with Gasteiger partial charge in [0.1, 0.15) is 23.9 Å². The Morgan fingerprint density at radius 2 is 1.95 bits per heavy atom. The Bertz CT molecular complexity index is 714. The summed E-state index contributed by atoms with van der Waals surface area (Å²) in [6.45, 7) is 0.672. The van der Waals surface area contributed by atoms with E-state index in [0.717, 1.165) is 12.1 Å². The van der Waals surface area contributed by atoms with Crippen molar-refractivity contribution in [2.75, 3.05) is 16.8 Å². The summed E-state index contributed by atoms with van der Waals surface area (Å²) in [6, 6.07) is 12.1. The molecule has 0 spiro atoms. The number of hydrogen-bond acceptors (Lipinski definition) is 5. The van der Waals surface area contributed by atoms with Crippen LogP contribution in [0.2, 0.25) is 0 Å². The summed E-state index contributed by atoms with van der Waals surface area (Å²) in [5.74, 6) is 0.0675. The summed E-state index contributed by atoms with van der Waals surface area (Å²) in [7, 11) is 0. The van der Waals surface area contributed by atoms with E-state index in [2.05, 4.69) is 5.32 Å². The van der Waals surface area contributed by atoms with E-state index in [0.29, 0.717) is 18.7 Å². The molecule has 0 unspecified atom stereocenters. The first-order chi connectivity index (χ1) is 10.2. The number of anilines is 2. The van der Waals surface area contributed by atoms with Gasteiger partial charge in [0.2, 0.25) is 5.91 Å². The molecule has 6 heteroatoms. The normalized spacial score (nSPS) is 13.0. The van der Waals surface area contributed by atoms with Gasteiger partial charge in [-0.1, -0.05) is 6.07 Å². The predicted octanol–water partition coefficient (Wildman–Crippen LogP) is 2.05. The van der Waals surface area contributed by atoms with Crippen molar-refractivity contribution in [3.8, 4) is 18.2 Å². The number of nitrogens with one attached hydrogen (secondary N) is 1. The molecule has 102 valence electrons. The molecule has 0 bridgehead atoms. The molecule has 21 heavy (non-hydrogen) atoms. The van der Waals surface area contributed by atoms with Gasteiger partial charge in [0.25, 0.3) is 0 Å². The quantitative estimate of drug-likeness (QED) is 0.851. The van der Waals surface area contributed by atoms with Crippen LogP contribution in [0.5, 0.6) is 0 Å². The SMILES string of the molecule is N#CC(C#N)=C(C#N)Nc1cccc(N2CCCC2=O)c1. The van der Waals surface area contributed by atoms with E-state index in [-0.39, 0.29) is 17.2 Å². The summed E-state index contributed by atoms with van der Waals surface area (Å²) in [5, 5.41) is 29.3. The van der Waals surface area contributed by atoms with Crippen molar-refractivity contribution in [1.82, 2.24) is 0 Å². The van der Waals surface area contributed by atoms with Gasteiger partial charge in [-0.15, -0.1) is 0 Å². The Balaban J connectivity index is 2.29. The second-order valence-corrected chi connectivity index (χ2v) is 4.41. The van der Waals surface area contributed by atoms with Crippen LogP contribution in [-0.2, 0) is 4.79 Å². The summed E-state index contributed by atoms with van der Waals surface area (Å²) in [4.78, 5) is 13.4. The van der Waals surface area contributed by atoms with E-state index in [1.54, 1.807) is 47.4 Å². The van der Waals surface area contributed by atoms with Gasteiger partial charge in [-0.3, -0.25) is 4.79 Å². The van der Waals surface area contributed by atoms with Gasteiger partial charge >= 0.3 is 0 Å². The molecule has 1 aliphatic heterocycles. The zero-order valence-corrected chi connectivity index (χ0v) is 11.1. The highest BCUT2D eigenvalue weighted by Crippen LogP contribution is 2.25. The first kappa shape index (κ1) is 14.1. The summed E-state index contributed by atoms with van der Waals surface area (Å²) in [6.07, 6.45) is 1.36. The maximum Gasteiger partial charge on any atom is 0.227 e. The lowest BCUT2D eigenvalue weighted by Gasteiger charge is -2.16. The average Bonchev–Trinajstić information content (AvgIpc) is 2.94. The Hall–Kier alpha value is -3.30. The molecule has 0 radical (unpaired) electrons. The van der Waals surface area contributed by atoms with Gasteiger partial charge in [-0.25, -0.2) is 0 Å². The molecular formula is C15H11N5O. The minimum Gasteiger partial charge on any atom is -0.345 e. The molecule has 0 saturated carbocycles. The summed E-state index contributed by atoms with van der Waals surface area (Å²) < 4.78 is 0. The molecule has 1 aromatic carbocycles. The topological polar surface area (TPSA) is 104 Å². The van der Waals surface area contributed by atoms with Gasteiger partial charge in [0.05, 0.1) is 0 Å². The second kappa shape index (κ2) is 6.23. The minimum atomic E-state index is -0.278. The van der Waals surface area contributed by atoms with Crippen LogP contribution in [0.25, 0.3) is 0 Å². The fourth-order valence-electron chi connectivity index (χ4n) is 2.10. The van der Waals surface area contributed by atoms with Crippen LogP contribution in [0.15, 0.2) is 35.5 Å². The molecule has 1 N–H and O–H groups in total. The summed E-state index contributed by atoms with van der Waals surface area (Å²) >= 11 is 0. The molecule has 1 saturated heterocycles. The molecule has 2 rings (SSSR count). The van der Waals surface area contributed by atoms with Crippen molar-refractivity contribution in [2.45, 2.75) is 12.8 Å². The highest BCUT2D eigenvalue weighted by Gasteiger charge is 2.21. The molecule has 1 aliphatic rings. The Labute approximate surface area is 122 Å². The van der Waals surface area contributed by atoms with E-state index >= 15 is 0 Å². The van der Waals surface area contributed by atoms with E-state index < -0.39 is 0 Å². The Kier molecular flexibility index (Phi) is 4.19. The number of amides is 1. The third-order valence-corrected chi connectivity index (χ3v) is 3.09. The van der Waals surface area contributed by atoms with Crippen LogP contribution >= 0.6 is 0 Å². The molecule has 0 aromatic heterocycles. The third kappa shape index (κ3) is 3.00. The van der Waals surface area contributed by atoms with Crippen molar-refractivity contribution in [2.24, 2.45) is 0 Å². The van der Waals surface area contributed by atoms with Crippen LogP contribution in [0.3, 0.4) is 0 Å². The van der Waals surface area contributed by atoms with Crippen molar-refractivity contribution in [1.29, 1.82) is 15.8 Å². The maximum absolute atomic E-state index is 11.7. The first-order valence-corrected chi connectivity index (χ1v) is 6.31. The molecule has 1 heterocycles. The molecule has 0 atom stereocenters. The lowest BCUT2D eigenvalue weighted by atomic mass is 10.2. The zero-order valence-electron chi connectivity index (χ0n) is 11.1. The highest BCUT2D eigenvalue weighted by molar-refractivity contribution is 5.95. The number of nitrogens with zero attached hydrogens (tertiary/aromatic N) is 4. The largest absolute Gasteiger partial charge is 0.345 e. The maximum atomic E-state index is 11.7. The van der Waals surface area contributed by atoms with Crippen LogP contribution in [0, 0.1) is 34.0 Å². The van der Waals surface area contributed by atoms with Crippen molar-refractivity contribution < 1.29 is 4.79 Å². The number of hydrogen-bond donors (Lipinski definition) is 1. The van der Waals surface area contributed by atoms with Crippen LogP contribution in [0.1, 0.15) is 12.8 Å². The Morgan fingerprint density at radius 3 is 2.52 bits per heavy atom. The van der Waals surface area contributed by atoms with E-state index in [1.165, 1.54) is 0 Å². The molecule has 1 amide bonds. The fraction of sp³-hybridized carbons (Fsp3) is 0.200. The third-order valence-electron chi connectivity index (χ3n) is 3.09. The first-order valence-electron chi connectivity index (χ1n) is 6.31. The van der Waals surface area contributed by atoms with Gasteiger partial charge in [0, 0.05) is 24.3 Å². The number of allylic oxidation sites excluding steroid dienone is 2. The number of carbonyl (C=O) groups excluding carboxylic acids is 1. The van der Waals surface area contributed by atoms with Gasteiger partial charge < -0.3 is 10.2 Å². The number of carbonyl (C=O) groups is 1. The second-order valence-electron chi connectivity index (χ2n) is 4.41. The van der Waals surface area contributed by atoms with E-state index in [4.69, 9.17) is 15.8 Å². The lowest BCUT2D eigenvalue weighted by molar-refractivity contribution is -0.117. The standard InChI is InChI=1S/C15H11N5O/c16-8-11(9-17)14(10-18)19-12-3-1-4-13(7-12)20-6-2-5-15(20)21/h1,3-4,7,19H,2,5-6H2. The molecule has 1 fully saturated rings. The van der Waals surface area contributed by atoms with Crippen molar-refractivity contribution >= 4 is 17.3 Å². The number of benzene rings is 1. The lowest BCUT2D eigenvalue weighted by Crippen LogP contribution is -2.23. The smallest absolute Gasteiger partial charge is 0.227 e. The molecular weight excluding hydrogens is 266 g/mol. The van der Waals surface area contributed by atoms with E-state index in [9.17, 15) is 4.79 Å². The van der Waals surface area contributed by atoms with Gasteiger partial charge in [-0.05, 0) is 24.6 Å². The minimum absolute atomic E-state index is 0.0675. The monoisotopic (exact) mass is 277 g/mol. The van der Waals surface area contributed by atoms with Crippen molar-refractivity contribution in [3.63, 3.8) is 0 Å². The number of nitriles is 3. The summed E-state index contributed by atoms with van der Waals surface area (Å²) in [5.41, 5.74) is 0.895. The highest BCUT2D eigenvalue weighted by atomic mass is 16.2. The van der Waals surface area contributed by atoms with Crippen LogP contribution < -0.4 is 10.2 Å². The van der Waals surface area contributed by atoms with E-state index in [1.807, 2.05) is 0 Å². The fourth-order valence-corrected chi connectivity index (χ4v) is 2.10.